The Morgan fingerprint density at radius 3 is 2.83 bits per heavy atom. The van der Waals surface area contributed by atoms with Crippen LogP contribution in [0.15, 0.2) is 42.7 Å². The largest absolute Gasteiger partial charge is 0.308 e. The molecule has 6 nitrogen and oxygen atoms in total. The van der Waals surface area contributed by atoms with Crippen LogP contribution in [0.4, 0.5) is 11.4 Å². The first-order valence-corrected chi connectivity index (χ1v) is 9.16. The molecular weight excluding hydrogens is 314 g/mol. The van der Waals surface area contributed by atoms with Crippen LogP contribution in [-0.2, 0) is 16.4 Å². The van der Waals surface area contributed by atoms with Crippen LogP contribution < -0.4 is 9.62 Å². The summed E-state index contributed by atoms with van der Waals surface area (Å²) < 4.78 is 25.2. The minimum Gasteiger partial charge on any atom is -0.308 e. The Morgan fingerprint density at radius 2 is 2.13 bits per heavy atom. The lowest BCUT2D eigenvalue weighted by molar-refractivity contribution is 0.0984. The molecule has 0 saturated heterocycles. The molecule has 0 unspecified atom stereocenters. The summed E-state index contributed by atoms with van der Waals surface area (Å²) >= 11 is 0. The van der Waals surface area contributed by atoms with Gasteiger partial charge in [0.1, 0.15) is 0 Å². The lowest BCUT2D eigenvalue weighted by Gasteiger charge is -2.30. The number of nitrogens with one attached hydrogen (secondary N) is 1. The van der Waals surface area contributed by atoms with Crippen molar-refractivity contribution in [1.29, 1.82) is 0 Å². The van der Waals surface area contributed by atoms with Crippen molar-refractivity contribution >= 4 is 27.3 Å². The van der Waals surface area contributed by atoms with Gasteiger partial charge in [-0.15, -0.1) is 0 Å². The summed E-state index contributed by atoms with van der Waals surface area (Å²) in [5, 5.41) is 0. The van der Waals surface area contributed by atoms with Gasteiger partial charge in [0.2, 0.25) is 10.0 Å². The highest BCUT2D eigenvalue weighted by atomic mass is 32.2. The summed E-state index contributed by atoms with van der Waals surface area (Å²) in [6, 6.07) is 8.73. The lowest BCUT2D eigenvalue weighted by Crippen LogP contribution is -2.35. The number of benzene rings is 1. The summed E-state index contributed by atoms with van der Waals surface area (Å²) in [5.41, 5.74) is 2.84. The van der Waals surface area contributed by atoms with Gasteiger partial charge in [0, 0.05) is 30.3 Å². The standard InChI is InChI=1S/C16H17N3O3S/c1-23(21,22)18-14-6-7-15-12(10-14)5-3-9-19(15)16(20)13-4-2-8-17-11-13/h2,4,6-8,10-11,18H,3,5,9H2,1H3. The van der Waals surface area contributed by atoms with Crippen molar-refractivity contribution in [3.05, 3.63) is 53.9 Å². The van der Waals surface area contributed by atoms with Crippen molar-refractivity contribution in [1.82, 2.24) is 4.98 Å². The quantitative estimate of drug-likeness (QED) is 0.933. The van der Waals surface area contributed by atoms with Crippen molar-refractivity contribution in [3.8, 4) is 0 Å². The first-order chi connectivity index (χ1) is 10.9. The number of carbonyl (C=O) groups is 1. The predicted octanol–water partition coefficient (Wildman–Crippen LogP) is 2.05. The molecule has 2 heterocycles. The second-order valence-corrected chi connectivity index (χ2v) is 7.27. The molecule has 1 aliphatic heterocycles. The number of sulfonamides is 1. The van der Waals surface area contributed by atoms with Gasteiger partial charge in [-0.25, -0.2) is 8.42 Å². The van der Waals surface area contributed by atoms with Crippen molar-refractivity contribution < 1.29 is 13.2 Å². The molecular formula is C16H17N3O3S. The Bertz CT molecular complexity index is 835. The molecule has 0 fully saturated rings. The molecule has 1 aliphatic rings. The molecule has 7 heteroatoms. The van der Waals surface area contributed by atoms with E-state index in [-0.39, 0.29) is 5.91 Å². The van der Waals surface area contributed by atoms with Gasteiger partial charge < -0.3 is 4.90 Å². The van der Waals surface area contributed by atoms with E-state index in [0.717, 1.165) is 30.3 Å². The fourth-order valence-electron chi connectivity index (χ4n) is 2.73. The van der Waals surface area contributed by atoms with Crippen molar-refractivity contribution in [2.24, 2.45) is 0 Å². The third-order valence-corrected chi connectivity index (χ3v) is 4.26. The number of nitrogens with zero attached hydrogens (tertiary/aromatic N) is 2. The van der Waals surface area contributed by atoms with Crippen LogP contribution in [0.3, 0.4) is 0 Å². The van der Waals surface area contributed by atoms with Gasteiger partial charge >= 0.3 is 0 Å². The zero-order chi connectivity index (χ0) is 16.4. The zero-order valence-electron chi connectivity index (χ0n) is 12.7. The predicted molar refractivity (Wildman–Crippen MR) is 89.1 cm³/mol. The SMILES string of the molecule is CS(=O)(=O)Nc1ccc2c(c1)CCCN2C(=O)c1cccnc1. The number of anilines is 2. The Morgan fingerprint density at radius 1 is 1.30 bits per heavy atom. The number of hydrogen-bond donors (Lipinski definition) is 1. The molecule has 1 aromatic carbocycles. The average Bonchev–Trinajstić information content (AvgIpc) is 2.52. The monoisotopic (exact) mass is 331 g/mol. The summed E-state index contributed by atoms with van der Waals surface area (Å²) in [7, 11) is -3.32. The summed E-state index contributed by atoms with van der Waals surface area (Å²) in [6.07, 6.45) is 5.94. The van der Waals surface area contributed by atoms with Crippen LogP contribution >= 0.6 is 0 Å². The van der Waals surface area contributed by atoms with Crippen molar-refractivity contribution in [2.45, 2.75) is 12.8 Å². The molecule has 1 N–H and O–H groups in total. The number of aromatic nitrogens is 1. The maximum atomic E-state index is 12.7. The van der Waals surface area contributed by atoms with E-state index in [4.69, 9.17) is 0 Å². The third kappa shape index (κ3) is 3.50. The van der Waals surface area contributed by atoms with E-state index in [2.05, 4.69) is 9.71 Å². The second-order valence-electron chi connectivity index (χ2n) is 5.52. The highest BCUT2D eigenvalue weighted by molar-refractivity contribution is 7.92. The minimum absolute atomic E-state index is 0.0946. The van der Waals surface area contributed by atoms with Gasteiger partial charge in [0.05, 0.1) is 11.8 Å². The maximum Gasteiger partial charge on any atom is 0.259 e. The highest BCUT2D eigenvalue weighted by Crippen LogP contribution is 2.31. The Hall–Kier alpha value is -2.41. The lowest BCUT2D eigenvalue weighted by atomic mass is 10.0. The number of hydrogen-bond acceptors (Lipinski definition) is 4. The van der Waals surface area contributed by atoms with Crippen molar-refractivity contribution in [2.75, 3.05) is 22.4 Å². The van der Waals surface area contributed by atoms with Gasteiger partial charge in [-0.1, -0.05) is 0 Å². The van der Waals surface area contributed by atoms with Gasteiger partial charge in [-0.2, -0.15) is 0 Å². The van der Waals surface area contributed by atoms with Gasteiger partial charge in [-0.05, 0) is 48.7 Å². The number of rotatable bonds is 3. The number of amides is 1. The Kier molecular flexibility index (Phi) is 4.04. The minimum atomic E-state index is -3.32. The molecule has 0 atom stereocenters. The molecule has 0 aliphatic carbocycles. The fraction of sp³-hybridized carbons (Fsp3) is 0.250. The van der Waals surface area contributed by atoms with E-state index < -0.39 is 10.0 Å². The van der Waals surface area contributed by atoms with E-state index in [1.54, 1.807) is 47.6 Å². The normalized spacial score (nSPS) is 14.2. The first kappa shape index (κ1) is 15.5. The van der Waals surface area contributed by atoms with Gasteiger partial charge in [0.15, 0.2) is 0 Å². The Balaban J connectivity index is 1.92. The average molecular weight is 331 g/mol. The van der Waals surface area contributed by atoms with Crippen LogP contribution in [0, 0.1) is 0 Å². The summed E-state index contributed by atoms with van der Waals surface area (Å²) in [4.78, 5) is 18.4. The van der Waals surface area contributed by atoms with Crippen LogP contribution in [0.1, 0.15) is 22.3 Å². The number of pyridine rings is 1. The van der Waals surface area contributed by atoms with E-state index in [1.165, 1.54) is 0 Å². The van der Waals surface area contributed by atoms with Crippen LogP contribution in [-0.4, -0.2) is 32.1 Å². The van der Waals surface area contributed by atoms with Crippen LogP contribution in [0.2, 0.25) is 0 Å². The molecule has 1 aromatic heterocycles. The molecule has 1 amide bonds. The molecule has 23 heavy (non-hydrogen) atoms. The summed E-state index contributed by atoms with van der Waals surface area (Å²) in [5.74, 6) is -0.0946. The van der Waals surface area contributed by atoms with Crippen LogP contribution in [0.25, 0.3) is 0 Å². The molecule has 2 aromatic rings. The zero-order valence-corrected chi connectivity index (χ0v) is 13.5. The van der Waals surface area contributed by atoms with Gasteiger partial charge in [0.25, 0.3) is 5.91 Å². The molecule has 0 spiro atoms. The fourth-order valence-corrected chi connectivity index (χ4v) is 3.29. The second kappa shape index (κ2) is 6.00. The Labute approximate surface area is 135 Å². The maximum absolute atomic E-state index is 12.7. The highest BCUT2D eigenvalue weighted by Gasteiger charge is 2.24. The third-order valence-electron chi connectivity index (χ3n) is 3.66. The van der Waals surface area contributed by atoms with Gasteiger partial charge in [-0.3, -0.25) is 14.5 Å². The summed E-state index contributed by atoms with van der Waals surface area (Å²) in [6.45, 7) is 0.638. The number of fused-ring (bicyclic) bond motifs is 1. The molecule has 0 radical (unpaired) electrons. The number of aryl methyl sites for hydroxylation is 1. The van der Waals surface area contributed by atoms with Crippen molar-refractivity contribution in [3.63, 3.8) is 0 Å². The van der Waals surface area contributed by atoms with E-state index in [0.29, 0.717) is 17.8 Å². The van der Waals surface area contributed by atoms with Crippen LogP contribution in [0.5, 0.6) is 0 Å². The molecule has 0 bridgehead atoms. The molecule has 120 valence electrons. The van der Waals surface area contributed by atoms with E-state index in [1.807, 2.05) is 0 Å². The van der Waals surface area contributed by atoms with E-state index in [9.17, 15) is 13.2 Å². The molecule has 3 rings (SSSR count). The smallest absolute Gasteiger partial charge is 0.259 e. The number of carbonyl (C=O) groups excluding carboxylic acids is 1. The molecule has 0 saturated carbocycles. The van der Waals surface area contributed by atoms with E-state index >= 15 is 0 Å². The topological polar surface area (TPSA) is 79.4 Å². The first-order valence-electron chi connectivity index (χ1n) is 7.27.